The van der Waals surface area contributed by atoms with E-state index >= 15 is 0 Å². The van der Waals surface area contributed by atoms with Crippen molar-refractivity contribution in [1.29, 1.82) is 0 Å². The first-order chi connectivity index (χ1) is 11.6. The Labute approximate surface area is 148 Å². The highest BCUT2D eigenvalue weighted by molar-refractivity contribution is 6.33. The SMILES string of the molecule is O=C(NC1CCCCC1)C1CCN(C(=O)c2ccccc2Cl)CC1. The van der Waals surface area contributed by atoms with Crippen LogP contribution in [0.25, 0.3) is 0 Å². The summed E-state index contributed by atoms with van der Waals surface area (Å²) < 4.78 is 0. The summed E-state index contributed by atoms with van der Waals surface area (Å²) >= 11 is 6.11. The third-order valence-electron chi connectivity index (χ3n) is 5.21. The van der Waals surface area contributed by atoms with Crippen molar-refractivity contribution in [2.75, 3.05) is 13.1 Å². The molecule has 0 radical (unpaired) electrons. The summed E-state index contributed by atoms with van der Waals surface area (Å²) in [5, 5.41) is 3.70. The fourth-order valence-corrected chi connectivity index (χ4v) is 3.93. The molecule has 2 amide bonds. The fourth-order valence-electron chi connectivity index (χ4n) is 3.72. The molecule has 24 heavy (non-hydrogen) atoms. The predicted molar refractivity (Wildman–Crippen MR) is 95.1 cm³/mol. The molecule has 1 saturated carbocycles. The number of nitrogens with one attached hydrogen (secondary N) is 1. The van der Waals surface area contributed by atoms with Crippen molar-refractivity contribution in [2.24, 2.45) is 5.92 Å². The molecule has 1 aliphatic heterocycles. The number of likely N-dealkylation sites (tertiary alicyclic amines) is 1. The third kappa shape index (κ3) is 4.10. The molecule has 1 saturated heterocycles. The predicted octanol–water partition coefficient (Wildman–Crippen LogP) is 3.64. The summed E-state index contributed by atoms with van der Waals surface area (Å²) in [5.74, 6) is 0.167. The van der Waals surface area contributed by atoms with Crippen LogP contribution in [0.15, 0.2) is 24.3 Å². The molecule has 0 atom stereocenters. The van der Waals surface area contributed by atoms with Gasteiger partial charge in [-0.15, -0.1) is 0 Å². The van der Waals surface area contributed by atoms with E-state index in [0.717, 1.165) is 25.7 Å². The molecule has 2 fully saturated rings. The molecule has 0 aromatic heterocycles. The zero-order chi connectivity index (χ0) is 16.9. The van der Waals surface area contributed by atoms with Crippen LogP contribution < -0.4 is 5.32 Å². The van der Waals surface area contributed by atoms with Crippen molar-refractivity contribution in [3.8, 4) is 0 Å². The van der Waals surface area contributed by atoms with Gasteiger partial charge in [0.25, 0.3) is 5.91 Å². The minimum absolute atomic E-state index is 0.0298. The van der Waals surface area contributed by atoms with Crippen molar-refractivity contribution in [3.63, 3.8) is 0 Å². The van der Waals surface area contributed by atoms with Crippen LogP contribution in [0.5, 0.6) is 0 Å². The molecule has 1 aliphatic carbocycles. The van der Waals surface area contributed by atoms with Crippen LogP contribution in [0, 0.1) is 5.92 Å². The Kier molecular flexibility index (Phi) is 5.77. The second-order valence-electron chi connectivity index (χ2n) is 6.89. The van der Waals surface area contributed by atoms with Gasteiger partial charge < -0.3 is 10.2 Å². The molecule has 0 spiro atoms. The summed E-state index contributed by atoms with van der Waals surface area (Å²) in [6.45, 7) is 1.24. The molecule has 130 valence electrons. The Morgan fingerprint density at radius 1 is 1.00 bits per heavy atom. The highest BCUT2D eigenvalue weighted by atomic mass is 35.5. The highest BCUT2D eigenvalue weighted by Crippen LogP contribution is 2.24. The quantitative estimate of drug-likeness (QED) is 0.906. The Bertz CT molecular complexity index is 591. The van der Waals surface area contributed by atoms with Crippen LogP contribution in [0.1, 0.15) is 55.3 Å². The maximum Gasteiger partial charge on any atom is 0.255 e. The number of carbonyl (C=O) groups is 2. The number of hydrogen-bond donors (Lipinski definition) is 1. The van der Waals surface area contributed by atoms with Crippen molar-refractivity contribution in [3.05, 3.63) is 34.9 Å². The first-order valence-electron chi connectivity index (χ1n) is 8.99. The van der Waals surface area contributed by atoms with Gasteiger partial charge in [-0.25, -0.2) is 0 Å². The van der Waals surface area contributed by atoms with Gasteiger partial charge in [0, 0.05) is 25.0 Å². The van der Waals surface area contributed by atoms with Gasteiger partial charge in [-0.2, -0.15) is 0 Å². The van der Waals surface area contributed by atoms with Gasteiger partial charge >= 0.3 is 0 Å². The van der Waals surface area contributed by atoms with Crippen LogP contribution in [-0.2, 0) is 4.79 Å². The van der Waals surface area contributed by atoms with Gasteiger partial charge in [-0.05, 0) is 37.8 Å². The van der Waals surface area contributed by atoms with E-state index < -0.39 is 0 Å². The average molecular weight is 349 g/mol. The minimum atomic E-state index is -0.0354. The number of nitrogens with zero attached hydrogens (tertiary/aromatic N) is 1. The smallest absolute Gasteiger partial charge is 0.255 e. The summed E-state index contributed by atoms with van der Waals surface area (Å²) in [7, 11) is 0. The van der Waals surface area contributed by atoms with Crippen LogP contribution in [0.2, 0.25) is 5.02 Å². The summed E-state index contributed by atoms with van der Waals surface area (Å²) in [5.41, 5.74) is 0.546. The zero-order valence-corrected chi connectivity index (χ0v) is 14.7. The van der Waals surface area contributed by atoms with E-state index in [1.54, 1.807) is 12.1 Å². The fraction of sp³-hybridized carbons (Fsp3) is 0.579. The summed E-state index contributed by atoms with van der Waals surface area (Å²) in [6.07, 6.45) is 7.40. The van der Waals surface area contributed by atoms with Crippen LogP contribution in [0.3, 0.4) is 0 Å². The summed E-state index contributed by atoms with van der Waals surface area (Å²) in [6, 6.07) is 7.49. The molecule has 0 unspecified atom stereocenters. The molecule has 1 N–H and O–H groups in total. The molecule has 1 heterocycles. The minimum Gasteiger partial charge on any atom is -0.353 e. The molecule has 1 aromatic rings. The lowest BCUT2D eigenvalue weighted by atomic mass is 9.92. The third-order valence-corrected chi connectivity index (χ3v) is 5.54. The first-order valence-corrected chi connectivity index (χ1v) is 9.37. The molecular formula is C19H25ClN2O2. The number of hydrogen-bond acceptors (Lipinski definition) is 2. The second-order valence-corrected chi connectivity index (χ2v) is 7.30. The van der Waals surface area contributed by atoms with E-state index in [-0.39, 0.29) is 17.7 Å². The van der Waals surface area contributed by atoms with Gasteiger partial charge in [0.2, 0.25) is 5.91 Å². The maximum atomic E-state index is 12.6. The second kappa shape index (κ2) is 8.02. The molecule has 2 aliphatic rings. The number of piperidine rings is 1. The Morgan fingerprint density at radius 2 is 1.67 bits per heavy atom. The summed E-state index contributed by atoms with van der Waals surface area (Å²) in [4.78, 5) is 26.8. The Balaban J connectivity index is 1.51. The molecule has 4 nitrogen and oxygen atoms in total. The molecule has 3 rings (SSSR count). The van der Waals surface area contributed by atoms with Crippen molar-refractivity contribution in [2.45, 2.75) is 51.0 Å². The molecule has 5 heteroatoms. The van der Waals surface area contributed by atoms with Crippen molar-refractivity contribution in [1.82, 2.24) is 10.2 Å². The van der Waals surface area contributed by atoms with Crippen LogP contribution >= 0.6 is 11.6 Å². The van der Waals surface area contributed by atoms with Gasteiger partial charge in [0.1, 0.15) is 0 Å². The van der Waals surface area contributed by atoms with Gasteiger partial charge in [0.05, 0.1) is 10.6 Å². The van der Waals surface area contributed by atoms with E-state index in [0.29, 0.717) is 29.7 Å². The van der Waals surface area contributed by atoms with E-state index in [2.05, 4.69) is 5.32 Å². The van der Waals surface area contributed by atoms with E-state index in [9.17, 15) is 9.59 Å². The molecular weight excluding hydrogens is 324 g/mol. The first kappa shape index (κ1) is 17.3. The number of halogens is 1. The van der Waals surface area contributed by atoms with Gasteiger partial charge in [-0.1, -0.05) is 43.0 Å². The number of amides is 2. The largest absolute Gasteiger partial charge is 0.353 e. The van der Waals surface area contributed by atoms with E-state index in [1.165, 1.54) is 19.3 Å². The molecule has 1 aromatic carbocycles. The lowest BCUT2D eigenvalue weighted by Gasteiger charge is -2.33. The highest BCUT2D eigenvalue weighted by Gasteiger charge is 2.29. The number of benzene rings is 1. The average Bonchev–Trinajstić information content (AvgIpc) is 2.62. The Hall–Kier alpha value is -1.55. The standard InChI is InChI=1S/C19H25ClN2O2/c20-17-9-5-4-8-16(17)19(24)22-12-10-14(11-13-22)18(23)21-15-6-2-1-3-7-15/h4-5,8-9,14-15H,1-3,6-7,10-13H2,(H,21,23). The van der Waals surface area contributed by atoms with Crippen LogP contribution in [-0.4, -0.2) is 35.8 Å². The van der Waals surface area contributed by atoms with Gasteiger partial charge in [-0.3, -0.25) is 9.59 Å². The van der Waals surface area contributed by atoms with Gasteiger partial charge in [0.15, 0.2) is 0 Å². The zero-order valence-electron chi connectivity index (χ0n) is 14.0. The topological polar surface area (TPSA) is 49.4 Å². The lowest BCUT2D eigenvalue weighted by molar-refractivity contribution is -0.127. The molecule has 0 bridgehead atoms. The normalized spacial score (nSPS) is 20.0. The van der Waals surface area contributed by atoms with Crippen molar-refractivity contribution < 1.29 is 9.59 Å². The van der Waals surface area contributed by atoms with Crippen molar-refractivity contribution >= 4 is 23.4 Å². The van der Waals surface area contributed by atoms with E-state index in [1.807, 2.05) is 17.0 Å². The van der Waals surface area contributed by atoms with E-state index in [4.69, 9.17) is 11.6 Å². The number of rotatable bonds is 3. The maximum absolute atomic E-state index is 12.6. The lowest BCUT2D eigenvalue weighted by Crippen LogP contribution is -2.45. The Morgan fingerprint density at radius 3 is 2.33 bits per heavy atom. The monoisotopic (exact) mass is 348 g/mol. The number of carbonyl (C=O) groups excluding carboxylic acids is 2. The van der Waals surface area contributed by atoms with Crippen LogP contribution in [0.4, 0.5) is 0 Å².